The quantitative estimate of drug-likeness (QED) is 0.473. The predicted octanol–water partition coefficient (Wildman–Crippen LogP) is 2.99. The van der Waals surface area contributed by atoms with Crippen molar-refractivity contribution in [3.05, 3.63) is 23.8 Å². The maximum absolute atomic E-state index is 11.7. The van der Waals surface area contributed by atoms with Gasteiger partial charge in [0.05, 0.1) is 19.3 Å². The number of esters is 1. The topological polar surface area (TPSA) is 66.8 Å². The van der Waals surface area contributed by atoms with Crippen molar-refractivity contribution in [2.24, 2.45) is 22.7 Å². The molecule has 0 aromatic heterocycles. The lowest BCUT2D eigenvalue weighted by atomic mass is 9.46. The molecule has 1 saturated heterocycles. The maximum atomic E-state index is 11.7. The maximum Gasteiger partial charge on any atom is 0.333 e. The molecule has 0 aromatic carbocycles. The summed E-state index contributed by atoms with van der Waals surface area (Å²) in [5.41, 5.74) is 1.58. The Morgan fingerprint density at radius 1 is 1.33 bits per heavy atom. The molecule has 0 spiro atoms. The third-order valence-corrected chi connectivity index (χ3v) is 7.16. The van der Waals surface area contributed by atoms with E-state index in [9.17, 15) is 15.0 Å². The van der Waals surface area contributed by atoms with Crippen LogP contribution in [0.3, 0.4) is 0 Å². The third-order valence-electron chi connectivity index (χ3n) is 7.16. The van der Waals surface area contributed by atoms with E-state index in [4.69, 9.17) is 4.74 Å². The highest BCUT2D eigenvalue weighted by Crippen LogP contribution is 2.61. The van der Waals surface area contributed by atoms with Crippen LogP contribution in [-0.4, -0.2) is 35.5 Å². The molecule has 134 valence electrons. The second kappa shape index (κ2) is 6.30. The van der Waals surface area contributed by atoms with Crippen molar-refractivity contribution >= 4 is 5.97 Å². The number of ether oxygens (including phenoxy) is 1. The molecule has 2 saturated carbocycles. The SMILES string of the molecule is C=C1CCC2C(C)(CO)C(O)CCC2(C)C1C/C=C1\CCOC1=O. The molecule has 4 heteroatoms. The average molecular weight is 334 g/mol. The molecule has 5 unspecified atom stereocenters. The highest BCUT2D eigenvalue weighted by atomic mass is 16.5. The molecule has 0 bridgehead atoms. The summed E-state index contributed by atoms with van der Waals surface area (Å²) in [6.07, 6.45) is 6.65. The molecule has 2 aliphatic carbocycles. The fourth-order valence-corrected chi connectivity index (χ4v) is 5.53. The molecule has 3 fully saturated rings. The van der Waals surface area contributed by atoms with Crippen LogP contribution >= 0.6 is 0 Å². The molecular formula is C20H30O4. The van der Waals surface area contributed by atoms with Gasteiger partial charge in [-0.3, -0.25) is 0 Å². The van der Waals surface area contributed by atoms with Gasteiger partial charge in [-0.15, -0.1) is 0 Å². The van der Waals surface area contributed by atoms with Crippen molar-refractivity contribution in [1.29, 1.82) is 0 Å². The number of cyclic esters (lactones) is 1. The Balaban J connectivity index is 1.88. The number of aliphatic hydroxyl groups is 2. The number of rotatable bonds is 3. The van der Waals surface area contributed by atoms with Gasteiger partial charge in [-0.1, -0.05) is 32.1 Å². The lowest BCUT2D eigenvalue weighted by molar-refractivity contribution is -0.151. The zero-order valence-corrected chi connectivity index (χ0v) is 14.9. The van der Waals surface area contributed by atoms with E-state index in [1.807, 2.05) is 13.0 Å². The molecule has 3 rings (SSSR count). The summed E-state index contributed by atoms with van der Waals surface area (Å²) in [6, 6.07) is 0. The van der Waals surface area contributed by atoms with Crippen LogP contribution in [0.25, 0.3) is 0 Å². The summed E-state index contributed by atoms with van der Waals surface area (Å²) in [7, 11) is 0. The van der Waals surface area contributed by atoms with Crippen LogP contribution in [0.2, 0.25) is 0 Å². The van der Waals surface area contributed by atoms with Crippen LogP contribution in [0, 0.1) is 22.7 Å². The number of carbonyl (C=O) groups excluding carboxylic acids is 1. The zero-order valence-electron chi connectivity index (χ0n) is 14.9. The first-order valence-electron chi connectivity index (χ1n) is 9.15. The Morgan fingerprint density at radius 3 is 2.71 bits per heavy atom. The summed E-state index contributed by atoms with van der Waals surface area (Å²) >= 11 is 0. The van der Waals surface area contributed by atoms with Crippen molar-refractivity contribution in [3.63, 3.8) is 0 Å². The van der Waals surface area contributed by atoms with Gasteiger partial charge in [0, 0.05) is 17.4 Å². The normalized spacial score (nSPS) is 44.5. The zero-order chi connectivity index (χ0) is 17.5. The van der Waals surface area contributed by atoms with Gasteiger partial charge in [-0.05, 0) is 49.4 Å². The molecule has 0 amide bonds. The van der Waals surface area contributed by atoms with E-state index in [1.165, 1.54) is 5.57 Å². The summed E-state index contributed by atoms with van der Waals surface area (Å²) in [5.74, 6) is 0.371. The highest BCUT2D eigenvalue weighted by Gasteiger charge is 2.57. The second-order valence-corrected chi connectivity index (χ2v) is 8.38. The number of hydrogen-bond acceptors (Lipinski definition) is 4. The van der Waals surface area contributed by atoms with Crippen LogP contribution in [0.5, 0.6) is 0 Å². The summed E-state index contributed by atoms with van der Waals surface area (Å²) < 4.78 is 5.03. The lowest BCUT2D eigenvalue weighted by Crippen LogP contribution is -2.57. The Hall–Kier alpha value is -1.13. The van der Waals surface area contributed by atoms with Crippen molar-refractivity contribution in [2.75, 3.05) is 13.2 Å². The first kappa shape index (κ1) is 17.7. The van der Waals surface area contributed by atoms with E-state index < -0.39 is 11.5 Å². The van der Waals surface area contributed by atoms with Gasteiger partial charge < -0.3 is 14.9 Å². The van der Waals surface area contributed by atoms with Crippen LogP contribution < -0.4 is 0 Å². The molecule has 1 heterocycles. The highest BCUT2D eigenvalue weighted by molar-refractivity contribution is 5.90. The summed E-state index contributed by atoms with van der Waals surface area (Å²) in [4.78, 5) is 11.7. The number of aliphatic hydroxyl groups excluding tert-OH is 2. The van der Waals surface area contributed by atoms with E-state index in [-0.39, 0.29) is 29.8 Å². The van der Waals surface area contributed by atoms with E-state index in [0.717, 1.165) is 31.3 Å². The second-order valence-electron chi connectivity index (χ2n) is 8.38. The number of carbonyl (C=O) groups is 1. The van der Waals surface area contributed by atoms with Gasteiger partial charge in [-0.25, -0.2) is 4.79 Å². The Labute approximate surface area is 144 Å². The molecule has 3 aliphatic rings. The van der Waals surface area contributed by atoms with E-state index in [0.29, 0.717) is 19.4 Å². The minimum absolute atomic E-state index is 0.00557. The van der Waals surface area contributed by atoms with Crippen molar-refractivity contribution < 1.29 is 19.7 Å². The minimum Gasteiger partial charge on any atom is -0.462 e. The van der Waals surface area contributed by atoms with E-state index in [1.54, 1.807) is 0 Å². The molecule has 4 nitrogen and oxygen atoms in total. The number of fused-ring (bicyclic) bond motifs is 1. The largest absolute Gasteiger partial charge is 0.462 e. The lowest BCUT2D eigenvalue weighted by Gasteiger charge is -2.59. The number of allylic oxidation sites excluding steroid dienone is 2. The standard InChI is InChI=1S/C20H30O4/c1-13-4-7-16-19(2,10-8-17(22)20(16,3)12-21)15(13)6-5-14-9-11-24-18(14)23/h5,15-17,21-22H,1,4,6-12H2,2-3H3/b14-5+. The molecule has 2 N–H and O–H groups in total. The smallest absolute Gasteiger partial charge is 0.333 e. The molecule has 0 aromatic rings. The van der Waals surface area contributed by atoms with Gasteiger partial charge in [0.25, 0.3) is 0 Å². The Bertz CT molecular complexity index is 566. The monoisotopic (exact) mass is 334 g/mol. The van der Waals surface area contributed by atoms with E-state index >= 15 is 0 Å². The minimum atomic E-state index is -0.453. The molecule has 5 atom stereocenters. The van der Waals surface area contributed by atoms with Gasteiger partial charge in [0.2, 0.25) is 0 Å². The van der Waals surface area contributed by atoms with Crippen LogP contribution in [0.15, 0.2) is 23.8 Å². The fraction of sp³-hybridized carbons (Fsp3) is 0.750. The van der Waals surface area contributed by atoms with Gasteiger partial charge in [0.1, 0.15) is 0 Å². The van der Waals surface area contributed by atoms with Crippen molar-refractivity contribution in [1.82, 2.24) is 0 Å². The van der Waals surface area contributed by atoms with Gasteiger partial charge in [0.15, 0.2) is 0 Å². The van der Waals surface area contributed by atoms with E-state index in [2.05, 4.69) is 13.5 Å². The molecule has 24 heavy (non-hydrogen) atoms. The van der Waals surface area contributed by atoms with Crippen LogP contribution in [0.4, 0.5) is 0 Å². The number of hydrogen-bond donors (Lipinski definition) is 2. The molecular weight excluding hydrogens is 304 g/mol. The van der Waals surface area contributed by atoms with Crippen molar-refractivity contribution in [2.45, 2.75) is 58.5 Å². The van der Waals surface area contributed by atoms with Crippen LogP contribution in [0.1, 0.15) is 52.4 Å². The third kappa shape index (κ3) is 2.64. The Kier molecular flexibility index (Phi) is 4.65. The fourth-order valence-electron chi connectivity index (χ4n) is 5.53. The molecule has 0 radical (unpaired) electrons. The van der Waals surface area contributed by atoms with Gasteiger partial charge in [-0.2, -0.15) is 0 Å². The summed E-state index contributed by atoms with van der Waals surface area (Å²) in [5, 5.41) is 20.5. The Morgan fingerprint density at radius 2 is 2.08 bits per heavy atom. The van der Waals surface area contributed by atoms with Crippen molar-refractivity contribution in [3.8, 4) is 0 Å². The van der Waals surface area contributed by atoms with Crippen LogP contribution in [-0.2, 0) is 9.53 Å². The van der Waals surface area contributed by atoms with Gasteiger partial charge >= 0.3 is 5.97 Å². The first-order chi connectivity index (χ1) is 11.3. The average Bonchev–Trinajstić information content (AvgIpc) is 2.96. The first-order valence-corrected chi connectivity index (χ1v) is 9.15. The molecule has 1 aliphatic heterocycles. The predicted molar refractivity (Wildman–Crippen MR) is 92.2 cm³/mol. The summed E-state index contributed by atoms with van der Waals surface area (Å²) in [6.45, 7) is 9.14.